The van der Waals surface area contributed by atoms with Crippen molar-refractivity contribution in [1.29, 1.82) is 0 Å². The van der Waals surface area contributed by atoms with Crippen molar-refractivity contribution in [2.45, 2.75) is 200 Å². The monoisotopic (exact) mass is 757 g/mol. The van der Waals surface area contributed by atoms with E-state index in [2.05, 4.69) is 70.9 Å². The van der Waals surface area contributed by atoms with Crippen LogP contribution >= 0.6 is 0 Å². The van der Waals surface area contributed by atoms with Crippen LogP contribution in [0.4, 0.5) is 0 Å². The lowest BCUT2D eigenvalue weighted by Gasteiger charge is -2.61. The smallest absolute Gasteiger partial charge is 0.136 e. The van der Waals surface area contributed by atoms with Gasteiger partial charge in [0.15, 0.2) is 0 Å². The van der Waals surface area contributed by atoms with Crippen LogP contribution in [0.2, 0.25) is 0 Å². The van der Waals surface area contributed by atoms with Gasteiger partial charge in [0.2, 0.25) is 0 Å². The maximum absolute atomic E-state index is 10.7. The van der Waals surface area contributed by atoms with Gasteiger partial charge in [-0.15, -0.1) is 0 Å². The minimum Gasteiger partial charge on any atom is -0.390 e. The van der Waals surface area contributed by atoms with E-state index in [1.807, 2.05) is 0 Å². The Labute approximate surface area is 333 Å². The molecule has 6 heteroatoms. The van der Waals surface area contributed by atoms with Gasteiger partial charge in [0.25, 0.3) is 0 Å². The molecule has 2 aromatic rings. The van der Waals surface area contributed by atoms with Gasteiger partial charge in [-0.05, 0) is 199 Å². The fourth-order valence-corrected chi connectivity index (χ4v) is 16.8. The summed E-state index contributed by atoms with van der Waals surface area (Å²) in [5.74, 6) is 10.9. The van der Waals surface area contributed by atoms with Crippen LogP contribution in [0.5, 0.6) is 0 Å². The Morgan fingerprint density at radius 1 is 0.527 bits per heavy atom. The molecule has 8 saturated carbocycles. The van der Waals surface area contributed by atoms with Crippen molar-refractivity contribution in [3.63, 3.8) is 0 Å². The van der Waals surface area contributed by atoms with E-state index >= 15 is 0 Å². The summed E-state index contributed by atoms with van der Waals surface area (Å²) in [6.07, 6.45) is 24.7. The highest BCUT2D eigenvalue weighted by atomic mass is 16.5. The number of aromatic nitrogens is 2. The molecule has 0 aromatic carbocycles. The van der Waals surface area contributed by atoms with Gasteiger partial charge >= 0.3 is 0 Å². The molecule has 0 aliphatic heterocycles. The van der Waals surface area contributed by atoms with Crippen molar-refractivity contribution >= 4 is 0 Å². The van der Waals surface area contributed by atoms with E-state index in [0.717, 1.165) is 103 Å². The van der Waals surface area contributed by atoms with Crippen LogP contribution < -0.4 is 0 Å². The number of nitrogens with zero attached hydrogens (tertiary/aromatic N) is 2. The van der Waals surface area contributed by atoms with Crippen LogP contribution in [0.15, 0.2) is 21.2 Å². The molecule has 2 N–H and O–H groups in total. The Bertz CT molecular complexity index is 1680. The maximum Gasteiger partial charge on any atom is 0.136 e. The predicted octanol–water partition coefficient (Wildman–Crippen LogP) is 11.8. The fourth-order valence-electron chi connectivity index (χ4n) is 16.8. The van der Waals surface area contributed by atoms with Crippen LogP contribution in [0.1, 0.15) is 199 Å². The van der Waals surface area contributed by atoms with Crippen molar-refractivity contribution in [3.05, 3.63) is 35.0 Å². The summed E-state index contributed by atoms with van der Waals surface area (Å²) in [5, 5.41) is 30.2. The molecule has 0 radical (unpaired) electrons. The first-order chi connectivity index (χ1) is 26.2. The Morgan fingerprint density at radius 2 is 1.07 bits per heavy atom. The lowest BCUT2D eigenvalue weighted by molar-refractivity contribution is -0.143. The Kier molecular flexibility index (Phi) is 9.87. The Hall–Kier alpha value is -1.66. The van der Waals surface area contributed by atoms with Gasteiger partial charge in [-0.3, -0.25) is 0 Å². The number of aryl methyl sites for hydroxylation is 2. The lowest BCUT2D eigenvalue weighted by Crippen LogP contribution is -2.55. The molecule has 2 aromatic heterocycles. The van der Waals surface area contributed by atoms with Gasteiger partial charge in [0, 0.05) is 36.8 Å². The fraction of sp³-hybridized carbons (Fsp3) is 0.878. The van der Waals surface area contributed by atoms with E-state index in [-0.39, 0.29) is 0 Å². The maximum atomic E-state index is 10.7. The summed E-state index contributed by atoms with van der Waals surface area (Å²) in [6.45, 7) is 16.2. The SMILES string of the molecule is CCc1cc([C@H]2CC[C@H]3[C@@H]4CC[C@@H]5C[C@](C)(O)CC[C@@H]5[C@H]4CC[C@]23C)no1.CCc1cc([C@H]2CC[C@H]3[C@@H]4CC[C@H]5C[C@](C)(O)CC[C@]5(C)[C@H]4CC[C@]23C)no1. The first-order valence-electron chi connectivity index (χ1n) is 23.5. The quantitative estimate of drug-likeness (QED) is 0.323. The van der Waals surface area contributed by atoms with Crippen molar-refractivity contribution < 1.29 is 19.3 Å². The largest absolute Gasteiger partial charge is 0.390 e. The highest BCUT2D eigenvalue weighted by molar-refractivity contribution is 5.22. The van der Waals surface area contributed by atoms with Gasteiger partial charge in [0.05, 0.1) is 22.6 Å². The summed E-state index contributed by atoms with van der Waals surface area (Å²) >= 11 is 0. The van der Waals surface area contributed by atoms with Crippen LogP contribution in [0, 0.1) is 69.5 Å². The van der Waals surface area contributed by atoms with Crippen molar-refractivity contribution in [1.82, 2.24) is 10.3 Å². The number of rotatable bonds is 4. The van der Waals surface area contributed by atoms with Gasteiger partial charge in [0.1, 0.15) is 11.5 Å². The molecule has 0 amide bonds. The molecule has 0 spiro atoms. The molecule has 2 heterocycles. The molecule has 8 aliphatic rings. The highest BCUT2D eigenvalue weighted by Gasteiger charge is 2.62. The number of hydrogen-bond acceptors (Lipinski definition) is 6. The van der Waals surface area contributed by atoms with Crippen LogP contribution in [-0.4, -0.2) is 31.7 Å². The molecular formula is C49H76N2O4. The molecule has 10 rings (SSSR count). The highest BCUT2D eigenvalue weighted by Crippen LogP contribution is 2.70. The Morgan fingerprint density at radius 3 is 1.69 bits per heavy atom. The zero-order chi connectivity index (χ0) is 38.5. The molecule has 0 saturated heterocycles. The van der Waals surface area contributed by atoms with Crippen molar-refractivity contribution in [2.75, 3.05) is 0 Å². The summed E-state index contributed by atoms with van der Waals surface area (Å²) in [4.78, 5) is 0. The average molecular weight is 757 g/mol. The van der Waals surface area contributed by atoms with Crippen molar-refractivity contribution in [3.8, 4) is 0 Å². The normalized spacial score (nSPS) is 50.0. The third kappa shape index (κ3) is 6.46. The molecule has 0 bridgehead atoms. The molecular weight excluding hydrogens is 681 g/mol. The summed E-state index contributed by atoms with van der Waals surface area (Å²) in [5.41, 5.74) is 2.89. The second kappa shape index (κ2) is 14.0. The van der Waals surface area contributed by atoms with Crippen LogP contribution in [0.3, 0.4) is 0 Å². The second-order valence-electron chi connectivity index (χ2n) is 22.5. The average Bonchev–Trinajstić information content (AvgIpc) is 3.96. The zero-order valence-corrected chi connectivity index (χ0v) is 35.8. The summed E-state index contributed by atoms with van der Waals surface area (Å²) in [7, 11) is 0. The zero-order valence-electron chi connectivity index (χ0n) is 35.8. The minimum atomic E-state index is -0.428. The van der Waals surface area contributed by atoms with E-state index in [4.69, 9.17) is 9.05 Å². The summed E-state index contributed by atoms with van der Waals surface area (Å²) < 4.78 is 11.2. The van der Waals surface area contributed by atoms with Crippen LogP contribution in [0.25, 0.3) is 0 Å². The summed E-state index contributed by atoms with van der Waals surface area (Å²) in [6, 6.07) is 4.48. The van der Waals surface area contributed by atoms with E-state index in [9.17, 15) is 10.2 Å². The molecule has 8 fully saturated rings. The van der Waals surface area contributed by atoms with Crippen LogP contribution in [-0.2, 0) is 12.8 Å². The predicted molar refractivity (Wildman–Crippen MR) is 217 cm³/mol. The van der Waals surface area contributed by atoms with E-state index in [1.165, 1.54) is 101 Å². The Balaban J connectivity index is 0.000000144. The van der Waals surface area contributed by atoms with Gasteiger partial charge in [-0.2, -0.15) is 0 Å². The van der Waals surface area contributed by atoms with E-state index in [1.54, 1.807) is 0 Å². The lowest BCUT2D eigenvalue weighted by atomic mass is 9.44. The second-order valence-corrected chi connectivity index (χ2v) is 22.5. The molecule has 306 valence electrons. The topological polar surface area (TPSA) is 92.5 Å². The third-order valence-corrected chi connectivity index (χ3v) is 19.8. The van der Waals surface area contributed by atoms with E-state index < -0.39 is 11.2 Å². The molecule has 16 atom stereocenters. The van der Waals surface area contributed by atoms with Gasteiger partial charge < -0.3 is 19.3 Å². The van der Waals surface area contributed by atoms with Gasteiger partial charge in [-0.25, -0.2) is 0 Å². The molecule has 0 unspecified atom stereocenters. The van der Waals surface area contributed by atoms with Crippen molar-refractivity contribution in [2.24, 2.45) is 69.5 Å². The standard InChI is InChI=1S/C25H39NO2.C24H37NO2/c1-5-17-14-22(26-28-17)21-9-8-19-18-7-6-16-15-23(2,27)12-13-24(16,3)20(18)10-11-25(19,21)4;1-4-16-13-22(25-27-16)21-8-7-20-19-6-5-15-14-23(2,26)11-9-17(15)18(19)10-12-24(20,21)3/h14,16,18-21,27H,5-13,15H2,1-4H3;13,15,17-21,26H,4-12,14H2,1-3H3/t16-,18-,19-,20-,21+,23+,24-,25-;15-,17+,18-,19-,20+,21-,23-,24+/m01/s1. The number of fused-ring (bicyclic) bond motifs is 10. The first kappa shape index (κ1) is 38.8. The first-order valence-corrected chi connectivity index (χ1v) is 23.5. The number of hydrogen-bond donors (Lipinski definition) is 2. The molecule has 55 heavy (non-hydrogen) atoms. The van der Waals surface area contributed by atoms with Gasteiger partial charge in [-0.1, -0.05) is 44.9 Å². The molecule has 6 nitrogen and oxygen atoms in total. The number of aliphatic hydroxyl groups is 2. The van der Waals surface area contributed by atoms with E-state index in [0.29, 0.717) is 28.1 Å². The minimum absolute atomic E-state index is 0.395. The third-order valence-electron chi connectivity index (χ3n) is 19.8. The molecule has 8 aliphatic carbocycles.